The predicted molar refractivity (Wildman–Crippen MR) is 162 cm³/mol. The highest BCUT2D eigenvalue weighted by molar-refractivity contribution is 5.80. The van der Waals surface area contributed by atoms with Gasteiger partial charge in [-0.2, -0.15) is 0 Å². The third kappa shape index (κ3) is 29.0. The Morgan fingerprint density at radius 1 is 0.641 bits per heavy atom. The van der Waals surface area contributed by atoms with Crippen LogP contribution in [0.3, 0.4) is 0 Å². The minimum absolute atomic E-state index is 0.00625. The summed E-state index contributed by atoms with van der Waals surface area (Å²) in [5, 5.41) is 11.0. The number of aliphatic carboxylic acids is 1. The Morgan fingerprint density at radius 3 is 1.67 bits per heavy atom. The van der Waals surface area contributed by atoms with Crippen molar-refractivity contribution < 1.29 is 24.2 Å². The summed E-state index contributed by atoms with van der Waals surface area (Å²) in [5.74, 6) is -1.28. The Hall–Kier alpha value is -1.85. The number of allylic oxidation sites excluding steroid dienone is 2. The van der Waals surface area contributed by atoms with Crippen molar-refractivity contribution in [1.82, 2.24) is 5.32 Å². The molecule has 0 aromatic carbocycles. The number of rotatable bonds is 29. The predicted octanol–water partition coefficient (Wildman–Crippen LogP) is 9.06. The van der Waals surface area contributed by atoms with E-state index >= 15 is 0 Å². The largest absolute Gasteiger partial charge is 0.480 e. The lowest BCUT2D eigenvalue weighted by Gasteiger charge is -2.18. The maximum absolute atomic E-state index is 12.5. The van der Waals surface area contributed by atoms with Crippen molar-refractivity contribution in [3.8, 4) is 0 Å². The van der Waals surface area contributed by atoms with E-state index in [0.29, 0.717) is 12.8 Å². The molecule has 0 spiro atoms. The number of carbonyl (C=O) groups excluding carboxylic acids is 2. The summed E-state index contributed by atoms with van der Waals surface area (Å²) < 4.78 is 5.90. The van der Waals surface area contributed by atoms with E-state index in [1.54, 1.807) is 0 Å². The molecule has 0 rings (SSSR count). The minimum Gasteiger partial charge on any atom is -0.480 e. The van der Waals surface area contributed by atoms with Crippen molar-refractivity contribution in [1.29, 1.82) is 0 Å². The van der Waals surface area contributed by atoms with Crippen LogP contribution in [0.15, 0.2) is 12.2 Å². The van der Waals surface area contributed by atoms with Crippen molar-refractivity contribution in [2.24, 2.45) is 0 Å². The quantitative estimate of drug-likeness (QED) is 0.0549. The Morgan fingerprint density at radius 2 is 1.10 bits per heavy atom. The maximum Gasteiger partial charge on any atom is 0.322 e. The first-order valence-corrected chi connectivity index (χ1v) is 16.3. The van der Waals surface area contributed by atoms with Crippen molar-refractivity contribution in [3.63, 3.8) is 0 Å². The van der Waals surface area contributed by atoms with Crippen LogP contribution in [0.2, 0.25) is 0 Å². The summed E-state index contributed by atoms with van der Waals surface area (Å²) in [7, 11) is 0. The van der Waals surface area contributed by atoms with Gasteiger partial charge in [-0.15, -0.1) is 0 Å². The van der Waals surface area contributed by atoms with Gasteiger partial charge in [0.05, 0.1) is 0 Å². The molecule has 1 atom stereocenters. The van der Waals surface area contributed by atoms with Crippen LogP contribution in [0.5, 0.6) is 0 Å². The van der Waals surface area contributed by atoms with E-state index in [1.807, 2.05) is 0 Å². The first kappa shape index (κ1) is 37.1. The van der Waals surface area contributed by atoms with Crippen molar-refractivity contribution in [3.05, 3.63) is 12.2 Å². The molecule has 6 nitrogen and oxygen atoms in total. The highest BCUT2D eigenvalue weighted by Gasteiger charge is 2.14. The molecule has 0 aliphatic heterocycles. The Bertz CT molecular complexity index is 619. The molecule has 6 heteroatoms. The van der Waals surface area contributed by atoms with Crippen LogP contribution < -0.4 is 5.32 Å². The fourth-order valence-corrected chi connectivity index (χ4v) is 4.74. The van der Waals surface area contributed by atoms with Gasteiger partial charge in [-0.3, -0.25) is 14.4 Å². The van der Waals surface area contributed by atoms with E-state index in [0.717, 1.165) is 57.8 Å². The van der Waals surface area contributed by atoms with Crippen LogP contribution in [-0.4, -0.2) is 35.6 Å². The molecule has 39 heavy (non-hydrogen) atoms. The summed E-state index contributed by atoms with van der Waals surface area (Å²) in [4.78, 5) is 34.6. The molecule has 0 aliphatic carbocycles. The number of esters is 1. The van der Waals surface area contributed by atoms with Crippen molar-refractivity contribution >= 4 is 17.8 Å². The van der Waals surface area contributed by atoms with Gasteiger partial charge in [-0.25, -0.2) is 0 Å². The van der Waals surface area contributed by atoms with E-state index in [2.05, 4.69) is 31.3 Å². The highest BCUT2D eigenvalue weighted by Crippen LogP contribution is 2.18. The lowest BCUT2D eigenvalue weighted by molar-refractivity contribution is -0.150. The zero-order valence-electron chi connectivity index (χ0n) is 25.5. The normalized spacial score (nSPS) is 12.1. The summed E-state index contributed by atoms with van der Waals surface area (Å²) >= 11 is 0. The second kappa shape index (κ2) is 29.1. The summed E-state index contributed by atoms with van der Waals surface area (Å²) in [5.41, 5.74) is 0. The topological polar surface area (TPSA) is 92.7 Å². The standard InChI is InChI=1S/C33H61NO5/c1-3-5-7-9-10-11-12-13-14-15-16-18-24-28-33(38)39-30(25-21-17-8-6-4-2)26-22-19-20-23-27-31(35)34-29-32(36)37/h11-12,30H,3-10,13-29H2,1-2H3,(H,34,35)(H,36,37)/b12-11-. The average molecular weight is 552 g/mol. The molecular formula is C33H61NO5. The van der Waals surface area contributed by atoms with Crippen LogP contribution >= 0.6 is 0 Å². The first-order chi connectivity index (χ1) is 19.0. The molecule has 0 aliphatic rings. The minimum atomic E-state index is -1.02. The Labute approximate surface area is 240 Å². The zero-order chi connectivity index (χ0) is 28.8. The SMILES string of the molecule is CCCCCC/C=C\CCCCCCCC(=O)OC(CCCCCCC)CCCCCCC(=O)NCC(=O)O. The number of hydrogen-bond donors (Lipinski definition) is 2. The third-order valence-electron chi connectivity index (χ3n) is 7.19. The molecular weight excluding hydrogens is 490 g/mol. The number of unbranched alkanes of at least 4 members (excludes halogenated alkanes) is 16. The summed E-state index contributed by atoms with van der Waals surface area (Å²) in [6.45, 7) is 4.15. The lowest BCUT2D eigenvalue weighted by atomic mass is 10.0. The van der Waals surface area contributed by atoms with Gasteiger partial charge >= 0.3 is 11.9 Å². The molecule has 0 bridgehead atoms. The number of amides is 1. The molecule has 0 saturated carbocycles. The molecule has 2 N–H and O–H groups in total. The smallest absolute Gasteiger partial charge is 0.322 e. The average Bonchev–Trinajstić information content (AvgIpc) is 2.91. The van der Waals surface area contributed by atoms with E-state index in [9.17, 15) is 14.4 Å². The van der Waals surface area contributed by atoms with E-state index in [-0.39, 0.29) is 24.5 Å². The second-order valence-corrected chi connectivity index (χ2v) is 11.1. The van der Waals surface area contributed by atoms with E-state index < -0.39 is 5.97 Å². The fraction of sp³-hybridized carbons (Fsp3) is 0.848. The molecule has 228 valence electrons. The lowest BCUT2D eigenvalue weighted by Crippen LogP contribution is -2.28. The number of hydrogen-bond acceptors (Lipinski definition) is 4. The van der Waals surface area contributed by atoms with Gasteiger partial charge in [0, 0.05) is 12.8 Å². The molecule has 0 aromatic rings. The molecule has 0 radical (unpaired) electrons. The van der Waals surface area contributed by atoms with E-state index in [1.165, 1.54) is 83.5 Å². The number of carboxylic acid groups (broad SMARTS) is 1. The van der Waals surface area contributed by atoms with Crippen LogP contribution in [0.1, 0.15) is 168 Å². The molecule has 0 aromatic heterocycles. The molecule has 0 saturated heterocycles. The third-order valence-corrected chi connectivity index (χ3v) is 7.19. The number of carboxylic acids is 1. The van der Waals surface area contributed by atoms with Crippen LogP contribution in [0.25, 0.3) is 0 Å². The highest BCUT2D eigenvalue weighted by atomic mass is 16.5. The molecule has 0 heterocycles. The fourth-order valence-electron chi connectivity index (χ4n) is 4.74. The van der Waals surface area contributed by atoms with Crippen molar-refractivity contribution in [2.45, 2.75) is 174 Å². The van der Waals surface area contributed by atoms with Gasteiger partial charge in [0.1, 0.15) is 12.6 Å². The van der Waals surface area contributed by atoms with Crippen LogP contribution in [-0.2, 0) is 19.1 Å². The number of carbonyl (C=O) groups is 3. The maximum atomic E-state index is 12.5. The van der Waals surface area contributed by atoms with Gasteiger partial charge in [-0.1, -0.05) is 103 Å². The second-order valence-electron chi connectivity index (χ2n) is 11.1. The molecule has 0 fully saturated rings. The molecule has 1 amide bonds. The van der Waals surface area contributed by atoms with Gasteiger partial charge in [0.25, 0.3) is 0 Å². The van der Waals surface area contributed by atoms with Crippen molar-refractivity contribution in [2.75, 3.05) is 6.54 Å². The number of ether oxygens (including phenoxy) is 1. The Balaban J connectivity index is 4.01. The number of nitrogens with one attached hydrogen (secondary N) is 1. The van der Waals surface area contributed by atoms with Gasteiger partial charge in [0.15, 0.2) is 0 Å². The van der Waals surface area contributed by atoms with Gasteiger partial charge in [0.2, 0.25) is 5.91 Å². The Kier molecular flexibility index (Phi) is 27.8. The van der Waals surface area contributed by atoms with Gasteiger partial charge in [-0.05, 0) is 64.2 Å². The van der Waals surface area contributed by atoms with Crippen LogP contribution in [0, 0.1) is 0 Å². The van der Waals surface area contributed by atoms with Gasteiger partial charge < -0.3 is 15.2 Å². The van der Waals surface area contributed by atoms with Crippen LogP contribution in [0.4, 0.5) is 0 Å². The summed E-state index contributed by atoms with van der Waals surface area (Å²) in [6.07, 6.45) is 30.5. The first-order valence-electron chi connectivity index (χ1n) is 16.3. The monoisotopic (exact) mass is 551 g/mol. The van der Waals surface area contributed by atoms with E-state index in [4.69, 9.17) is 9.84 Å². The summed E-state index contributed by atoms with van der Waals surface area (Å²) in [6, 6.07) is 0. The zero-order valence-corrected chi connectivity index (χ0v) is 25.5. The molecule has 1 unspecified atom stereocenters.